The quantitative estimate of drug-likeness (QED) is 0.456. The maximum atomic E-state index is 6.77. The van der Waals surface area contributed by atoms with E-state index in [4.69, 9.17) is 4.74 Å². The Kier molecular flexibility index (Phi) is 13.0. The Bertz CT molecular complexity index is 307. The second-order valence-corrected chi connectivity index (χ2v) is 9.51. The van der Waals surface area contributed by atoms with Gasteiger partial charge < -0.3 is 24.3 Å². The Morgan fingerprint density at radius 3 is 0.778 bits per heavy atom. The Morgan fingerprint density at radius 2 is 0.630 bits per heavy atom. The van der Waals surface area contributed by atoms with Crippen molar-refractivity contribution in [2.75, 3.05) is 54.4 Å². The molecule has 0 aliphatic carbocycles. The van der Waals surface area contributed by atoms with Crippen molar-refractivity contribution in [2.45, 2.75) is 91.8 Å². The lowest BCUT2D eigenvalue weighted by molar-refractivity contribution is -0.0674. The van der Waals surface area contributed by atoms with E-state index in [2.05, 4.69) is 103 Å². The van der Waals surface area contributed by atoms with E-state index in [0.29, 0.717) is 24.2 Å². The summed E-state index contributed by atoms with van der Waals surface area (Å²) in [6, 6.07) is 2.09. The van der Waals surface area contributed by atoms with E-state index in [1.165, 1.54) is 0 Å². The fraction of sp³-hybridized carbons (Fsp3) is 1.00. The normalized spacial score (nSPS) is 13.6. The summed E-state index contributed by atoms with van der Waals surface area (Å²) >= 11 is 0. The van der Waals surface area contributed by atoms with Gasteiger partial charge in [0.1, 0.15) is 0 Å². The van der Waals surface area contributed by atoms with Gasteiger partial charge in [-0.2, -0.15) is 0 Å². The predicted octanol–water partition coefficient (Wildman–Crippen LogP) is 3.10. The van der Waals surface area contributed by atoms with Crippen LogP contribution in [-0.4, -0.2) is 110 Å². The Balaban J connectivity index is 5.25. The number of hydrogen-bond acceptors (Lipinski definition) is 5. The summed E-state index contributed by atoms with van der Waals surface area (Å²) < 4.78 is 6.77. The lowest BCUT2D eigenvalue weighted by Crippen LogP contribution is -2.49. The van der Waals surface area contributed by atoms with Crippen LogP contribution in [0.5, 0.6) is 0 Å². The monoisotopic (exact) mass is 386 g/mol. The minimum absolute atomic E-state index is 0.205. The number of hydrogen-bond donors (Lipinski definition) is 0. The van der Waals surface area contributed by atoms with Gasteiger partial charge in [-0.1, -0.05) is 0 Å². The van der Waals surface area contributed by atoms with Gasteiger partial charge in [0, 0.05) is 50.3 Å². The van der Waals surface area contributed by atoms with Crippen LogP contribution in [0, 0.1) is 0 Å². The van der Waals surface area contributed by atoms with Crippen LogP contribution in [0.2, 0.25) is 0 Å². The molecule has 0 amide bonds. The van der Waals surface area contributed by atoms with Crippen molar-refractivity contribution in [1.82, 2.24) is 19.6 Å². The highest BCUT2D eigenvalue weighted by Crippen LogP contribution is 2.11. The fourth-order valence-corrected chi connectivity index (χ4v) is 2.69. The maximum Gasteiger partial charge on any atom is 0.0833 e. The molecule has 164 valence electrons. The van der Waals surface area contributed by atoms with Crippen molar-refractivity contribution in [3.8, 4) is 0 Å². The van der Waals surface area contributed by atoms with Crippen LogP contribution in [-0.2, 0) is 4.74 Å². The van der Waals surface area contributed by atoms with E-state index in [9.17, 15) is 0 Å². The van der Waals surface area contributed by atoms with Gasteiger partial charge in [0.15, 0.2) is 0 Å². The third-order valence-electron chi connectivity index (χ3n) is 5.88. The van der Waals surface area contributed by atoms with Crippen molar-refractivity contribution in [1.29, 1.82) is 0 Å². The molecule has 0 heterocycles. The minimum atomic E-state index is 0.205. The van der Waals surface area contributed by atoms with Crippen LogP contribution in [0.15, 0.2) is 0 Å². The largest absolute Gasteiger partial charge is 0.370 e. The van der Waals surface area contributed by atoms with E-state index in [1.54, 1.807) is 0 Å². The summed E-state index contributed by atoms with van der Waals surface area (Å²) in [7, 11) is 8.80. The van der Waals surface area contributed by atoms with Crippen molar-refractivity contribution >= 4 is 0 Å². The average Bonchev–Trinajstić information content (AvgIpc) is 2.53. The van der Waals surface area contributed by atoms with Crippen LogP contribution in [0.4, 0.5) is 0 Å². The molecule has 0 aromatic rings. The molecular formula is C22H50N4O. The molecule has 0 spiro atoms. The zero-order valence-electron chi connectivity index (χ0n) is 20.5. The summed E-state index contributed by atoms with van der Waals surface area (Å²) in [5, 5.41) is 0. The standard InChI is InChI=1S/C22H50N4O/c1-17(2)23(9)13-21(14-24(10)18(3)4)27-22(15-25(11)19(5)6)16-26(12)20(7)8/h17-22H,13-16H2,1-12H3. The summed E-state index contributed by atoms with van der Waals surface area (Å²) in [6.45, 7) is 21.8. The molecule has 0 unspecified atom stereocenters. The van der Waals surface area contributed by atoms with Crippen molar-refractivity contribution < 1.29 is 4.74 Å². The molecule has 0 bridgehead atoms. The highest BCUT2D eigenvalue weighted by molar-refractivity contribution is 4.77. The first kappa shape index (κ1) is 26.8. The highest BCUT2D eigenvalue weighted by Gasteiger charge is 2.24. The van der Waals surface area contributed by atoms with Gasteiger partial charge in [0.2, 0.25) is 0 Å². The molecule has 5 nitrogen and oxygen atoms in total. The van der Waals surface area contributed by atoms with Gasteiger partial charge in [-0.15, -0.1) is 0 Å². The molecular weight excluding hydrogens is 336 g/mol. The van der Waals surface area contributed by atoms with E-state index in [1.807, 2.05) is 0 Å². The lowest BCUT2D eigenvalue weighted by atomic mass is 10.2. The van der Waals surface area contributed by atoms with Crippen LogP contribution in [0.25, 0.3) is 0 Å². The van der Waals surface area contributed by atoms with Crippen molar-refractivity contribution in [2.24, 2.45) is 0 Å². The summed E-state index contributed by atoms with van der Waals surface area (Å²) in [5.74, 6) is 0. The molecule has 0 saturated heterocycles. The summed E-state index contributed by atoms with van der Waals surface area (Å²) in [5.41, 5.74) is 0. The molecule has 0 rings (SSSR count). The van der Waals surface area contributed by atoms with Gasteiger partial charge in [-0.3, -0.25) is 0 Å². The Morgan fingerprint density at radius 1 is 0.444 bits per heavy atom. The molecule has 0 saturated carbocycles. The van der Waals surface area contributed by atoms with Crippen molar-refractivity contribution in [3.63, 3.8) is 0 Å². The van der Waals surface area contributed by atoms with Gasteiger partial charge in [-0.05, 0) is 83.6 Å². The van der Waals surface area contributed by atoms with Crippen LogP contribution in [0.3, 0.4) is 0 Å². The second kappa shape index (κ2) is 13.1. The third-order valence-corrected chi connectivity index (χ3v) is 5.88. The Labute approximate surface area is 171 Å². The van der Waals surface area contributed by atoms with E-state index < -0.39 is 0 Å². The molecule has 0 aliphatic rings. The molecule has 0 atom stereocenters. The lowest BCUT2D eigenvalue weighted by Gasteiger charge is -2.37. The van der Waals surface area contributed by atoms with Gasteiger partial charge in [0.05, 0.1) is 12.2 Å². The summed E-state index contributed by atoms with van der Waals surface area (Å²) in [4.78, 5) is 9.59. The van der Waals surface area contributed by atoms with E-state index in [0.717, 1.165) is 26.2 Å². The second-order valence-electron chi connectivity index (χ2n) is 9.51. The number of rotatable bonds is 14. The SMILES string of the molecule is CC(C)N(C)CC(CN(C)C(C)C)OC(CN(C)C(C)C)CN(C)C(C)C. The molecule has 0 aliphatic heterocycles. The first-order chi connectivity index (χ1) is 12.3. The van der Waals surface area contributed by atoms with Crippen LogP contribution >= 0.6 is 0 Å². The Hall–Kier alpha value is -0.200. The van der Waals surface area contributed by atoms with Crippen LogP contribution in [0.1, 0.15) is 55.4 Å². The summed E-state index contributed by atoms with van der Waals surface area (Å²) in [6.07, 6.45) is 0.409. The smallest absolute Gasteiger partial charge is 0.0833 e. The molecule has 0 fully saturated rings. The fourth-order valence-electron chi connectivity index (χ4n) is 2.69. The zero-order valence-corrected chi connectivity index (χ0v) is 20.5. The maximum absolute atomic E-state index is 6.77. The number of likely N-dealkylation sites (N-methyl/N-ethyl adjacent to an activating group) is 4. The van der Waals surface area contributed by atoms with Gasteiger partial charge in [0.25, 0.3) is 0 Å². The first-order valence-electron chi connectivity index (χ1n) is 10.8. The molecule has 0 radical (unpaired) electrons. The average molecular weight is 387 g/mol. The molecule has 0 aromatic heterocycles. The van der Waals surface area contributed by atoms with E-state index in [-0.39, 0.29) is 12.2 Å². The zero-order chi connectivity index (χ0) is 21.3. The van der Waals surface area contributed by atoms with Gasteiger partial charge >= 0.3 is 0 Å². The topological polar surface area (TPSA) is 22.2 Å². The number of nitrogens with zero attached hydrogens (tertiary/aromatic N) is 4. The van der Waals surface area contributed by atoms with Crippen LogP contribution < -0.4 is 0 Å². The first-order valence-corrected chi connectivity index (χ1v) is 10.8. The number of ether oxygens (including phenoxy) is 1. The molecule has 5 heteroatoms. The predicted molar refractivity (Wildman–Crippen MR) is 120 cm³/mol. The minimum Gasteiger partial charge on any atom is -0.370 e. The highest BCUT2D eigenvalue weighted by atomic mass is 16.5. The molecule has 27 heavy (non-hydrogen) atoms. The van der Waals surface area contributed by atoms with E-state index >= 15 is 0 Å². The third kappa shape index (κ3) is 11.4. The van der Waals surface area contributed by atoms with Crippen molar-refractivity contribution in [3.05, 3.63) is 0 Å². The van der Waals surface area contributed by atoms with Gasteiger partial charge in [-0.25, -0.2) is 0 Å². The molecule has 0 N–H and O–H groups in total. The molecule has 0 aromatic carbocycles.